The predicted octanol–water partition coefficient (Wildman–Crippen LogP) is 7.33. The SMILES string of the molecule is CC.c1ccc2c(c1)ccc1c3ccccc3c3ccccc3c21. The first-order chi connectivity index (χ1) is 11.9. The second-order valence-electron chi connectivity index (χ2n) is 5.80. The highest BCUT2D eigenvalue weighted by Crippen LogP contribution is 2.38. The molecule has 116 valence electrons. The van der Waals surface area contributed by atoms with E-state index in [1.165, 1.54) is 43.1 Å². The van der Waals surface area contributed by atoms with E-state index in [-0.39, 0.29) is 0 Å². The van der Waals surface area contributed by atoms with Crippen LogP contribution in [-0.2, 0) is 0 Å². The summed E-state index contributed by atoms with van der Waals surface area (Å²) in [6, 6.07) is 30.6. The fourth-order valence-electron chi connectivity index (χ4n) is 3.67. The molecular weight excluding hydrogens is 288 g/mol. The number of benzene rings is 5. The van der Waals surface area contributed by atoms with E-state index >= 15 is 0 Å². The van der Waals surface area contributed by atoms with E-state index in [0.29, 0.717) is 0 Å². The zero-order valence-corrected chi connectivity index (χ0v) is 14.1. The lowest BCUT2D eigenvalue weighted by atomic mass is 9.91. The first-order valence-corrected chi connectivity index (χ1v) is 8.64. The molecule has 5 aromatic rings. The Morgan fingerprint density at radius 3 is 1.42 bits per heavy atom. The van der Waals surface area contributed by atoms with Crippen molar-refractivity contribution in [2.75, 3.05) is 0 Å². The van der Waals surface area contributed by atoms with Crippen LogP contribution >= 0.6 is 0 Å². The smallest absolute Gasteiger partial charge is 0.00204 e. The van der Waals surface area contributed by atoms with Gasteiger partial charge >= 0.3 is 0 Å². The minimum atomic E-state index is 1.30. The largest absolute Gasteiger partial charge is 0.0683 e. The molecule has 0 unspecified atom stereocenters. The van der Waals surface area contributed by atoms with E-state index in [9.17, 15) is 0 Å². The third kappa shape index (κ3) is 2.07. The Labute approximate surface area is 142 Å². The van der Waals surface area contributed by atoms with Crippen molar-refractivity contribution < 1.29 is 0 Å². The normalized spacial score (nSPS) is 10.9. The maximum absolute atomic E-state index is 2.27. The molecule has 5 aromatic carbocycles. The molecule has 0 aliphatic heterocycles. The molecule has 0 fully saturated rings. The van der Waals surface area contributed by atoms with Crippen LogP contribution < -0.4 is 0 Å². The first kappa shape index (κ1) is 14.7. The summed E-state index contributed by atoms with van der Waals surface area (Å²) < 4.78 is 0. The molecule has 0 N–H and O–H groups in total. The fourth-order valence-corrected chi connectivity index (χ4v) is 3.67. The van der Waals surface area contributed by atoms with E-state index < -0.39 is 0 Å². The van der Waals surface area contributed by atoms with Crippen LogP contribution in [0.15, 0.2) is 84.9 Å². The van der Waals surface area contributed by atoms with Crippen molar-refractivity contribution in [1.82, 2.24) is 0 Å². The molecular formula is C24H20. The lowest BCUT2D eigenvalue weighted by molar-refractivity contribution is 1.50. The summed E-state index contributed by atoms with van der Waals surface area (Å²) in [7, 11) is 0. The van der Waals surface area contributed by atoms with Crippen LogP contribution in [-0.4, -0.2) is 0 Å². The molecule has 0 aliphatic carbocycles. The lowest BCUT2D eigenvalue weighted by Crippen LogP contribution is -1.84. The summed E-state index contributed by atoms with van der Waals surface area (Å²) in [5.41, 5.74) is 0. The maximum atomic E-state index is 2.27. The molecule has 24 heavy (non-hydrogen) atoms. The molecule has 0 bridgehead atoms. The Morgan fingerprint density at radius 2 is 0.792 bits per heavy atom. The van der Waals surface area contributed by atoms with E-state index in [1.54, 1.807) is 0 Å². The predicted molar refractivity (Wildman–Crippen MR) is 108 cm³/mol. The van der Waals surface area contributed by atoms with E-state index in [0.717, 1.165) is 0 Å². The van der Waals surface area contributed by atoms with Gasteiger partial charge in [-0.1, -0.05) is 98.8 Å². The highest BCUT2D eigenvalue weighted by Gasteiger charge is 2.10. The highest BCUT2D eigenvalue weighted by molar-refractivity contribution is 6.31. The van der Waals surface area contributed by atoms with Gasteiger partial charge in [-0.2, -0.15) is 0 Å². The van der Waals surface area contributed by atoms with Crippen LogP contribution in [0, 0.1) is 0 Å². The average Bonchev–Trinajstić information content (AvgIpc) is 2.69. The quantitative estimate of drug-likeness (QED) is 0.263. The van der Waals surface area contributed by atoms with Crippen molar-refractivity contribution in [2.24, 2.45) is 0 Å². The molecule has 0 saturated heterocycles. The van der Waals surface area contributed by atoms with Crippen LogP contribution in [0.4, 0.5) is 0 Å². The number of rotatable bonds is 0. The van der Waals surface area contributed by atoms with Gasteiger partial charge in [0.15, 0.2) is 0 Å². The zero-order valence-electron chi connectivity index (χ0n) is 14.1. The second kappa shape index (κ2) is 5.98. The van der Waals surface area contributed by atoms with Crippen molar-refractivity contribution in [3.63, 3.8) is 0 Å². The topological polar surface area (TPSA) is 0 Å². The molecule has 0 heterocycles. The van der Waals surface area contributed by atoms with Gasteiger partial charge in [0.05, 0.1) is 0 Å². The van der Waals surface area contributed by atoms with Gasteiger partial charge in [0, 0.05) is 0 Å². The van der Waals surface area contributed by atoms with Crippen molar-refractivity contribution in [1.29, 1.82) is 0 Å². The van der Waals surface area contributed by atoms with Crippen LogP contribution in [0.1, 0.15) is 13.8 Å². The van der Waals surface area contributed by atoms with Gasteiger partial charge in [-0.3, -0.25) is 0 Å². The molecule has 0 spiro atoms. The average molecular weight is 308 g/mol. The summed E-state index contributed by atoms with van der Waals surface area (Å²) in [6.07, 6.45) is 0. The van der Waals surface area contributed by atoms with Crippen molar-refractivity contribution in [2.45, 2.75) is 13.8 Å². The van der Waals surface area contributed by atoms with Gasteiger partial charge in [0.1, 0.15) is 0 Å². The summed E-state index contributed by atoms with van der Waals surface area (Å²) >= 11 is 0. The third-order valence-corrected chi connectivity index (χ3v) is 4.63. The Kier molecular flexibility index (Phi) is 3.66. The molecule has 5 rings (SSSR count). The highest BCUT2D eigenvalue weighted by atomic mass is 14.1. The number of hydrogen-bond acceptors (Lipinski definition) is 0. The Balaban J connectivity index is 0.000000704. The summed E-state index contributed by atoms with van der Waals surface area (Å²) in [6.45, 7) is 4.00. The van der Waals surface area contributed by atoms with Gasteiger partial charge in [-0.25, -0.2) is 0 Å². The molecule has 0 aromatic heterocycles. The van der Waals surface area contributed by atoms with E-state index in [2.05, 4.69) is 84.9 Å². The Bertz CT molecular complexity index is 1120. The van der Waals surface area contributed by atoms with Gasteiger partial charge < -0.3 is 0 Å². The molecule has 0 nitrogen and oxygen atoms in total. The summed E-state index contributed by atoms with van der Waals surface area (Å²) in [4.78, 5) is 0. The third-order valence-electron chi connectivity index (χ3n) is 4.63. The summed E-state index contributed by atoms with van der Waals surface area (Å²) in [5, 5.41) is 10.7. The zero-order chi connectivity index (χ0) is 16.5. The van der Waals surface area contributed by atoms with Crippen LogP contribution in [0.5, 0.6) is 0 Å². The van der Waals surface area contributed by atoms with Crippen molar-refractivity contribution in [3.8, 4) is 0 Å². The lowest BCUT2D eigenvalue weighted by Gasteiger charge is -2.12. The molecule has 0 atom stereocenters. The molecule has 0 radical (unpaired) electrons. The Morgan fingerprint density at radius 1 is 0.375 bits per heavy atom. The second-order valence-corrected chi connectivity index (χ2v) is 5.80. The molecule has 0 amide bonds. The van der Waals surface area contributed by atoms with Gasteiger partial charge in [-0.15, -0.1) is 0 Å². The monoisotopic (exact) mass is 308 g/mol. The molecule has 0 saturated carbocycles. The van der Waals surface area contributed by atoms with Gasteiger partial charge in [0.25, 0.3) is 0 Å². The number of hydrogen-bond donors (Lipinski definition) is 0. The standard InChI is InChI=1S/C22H14.C2H6/c1-2-8-16-15(7-1)13-14-21-19-11-4-3-9-17(19)18-10-5-6-12-20(18)22(16)21;1-2/h1-14H;1-2H3. The van der Waals surface area contributed by atoms with Crippen LogP contribution in [0.2, 0.25) is 0 Å². The maximum Gasteiger partial charge on any atom is -0.00204 e. The van der Waals surface area contributed by atoms with Crippen LogP contribution in [0.3, 0.4) is 0 Å². The minimum Gasteiger partial charge on any atom is -0.0683 e. The molecule has 0 aliphatic rings. The van der Waals surface area contributed by atoms with Crippen molar-refractivity contribution in [3.05, 3.63) is 84.9 Å². The van der Waals surface area contributed by atoms with E-state index in [4.69, 9.17) is 0 Å². The van der Waals surface area contributed by atoms with Crippen LogP contribution in [0.25, 0.3) is 43.1 Å². The Hall–Kier alpha value is -2.86. The van der Waals surface area contributed by atoms with Gasteiger partial charge in [-0.05, 0) is 43.1 Å². The van der Waals surface area contributed by atoms with E-state index in [1.807, 2.05) is 13.8 Å². The molecule has 0 heteroatoms. The first-order valence-electron chi connectivity index (χ1n) is 8.64. The number of fused-ring (bicyclic) bond motifs is 8. The minimum absolute atomic E-state index is 1.30. The van der Waals surface area contributed by atoms with Crippen molar-refractivity contribution >= 4 is 43.1 Å². The fraction of sp³-hybridized carbons (Fsp3) is 0.0833. The summed E-state index contributed by atoms with van der Waals surface area (Å²) in [5.74, 6) is 0. The van der Waals surface area contributed by atoms with Gasteiger partial charge in [0.2, 0.25) is 0 Å².